The summed E-state index contributed by atoms with van der Waals surface area (Å²) in [5.41, 5.74) is 0.394. The van der Waals surface area contributed by atoms with E-state index in [1.54, 1.807) is 29.2 Å². The molecule has 2 rings (SSSR count). The third-order valence-electron chi connectivity index (χ3n) is 2.37. The van der Waals surface area contributed by atoms with Crippen molar-refractivity contribution in [2.24, 2.45) is 0 Å². The van der Waals surface area contributed by atoms with Gasteiger partial charge >= 0.3 is 0 Å². The zero-order chi connectivity index (χ0) is 13.1. The summed E-state index contributed by atoms with van der Waals surface area (Å²) in [6.07, 6.45) is 3.41. The molecule has 1 N–H and O–H groups in total. The molecule has 0 atom stereocenters. The van der Waals surface area contributed by atoms with Crippen molar-refractivity contribution in [3.8, 4) is 11.6 Å². The summed E-state index contributed by atoms with van der Waals surface area (Å²) in [4.78, 5) is 4.10. The molecule has 0 aliphatic rings. The number of rotatable bonds is 4. The van der Waals surface area contributed by atoms with Crippen LogP contribution in [0.4, 0.5) is 0 Å². The monoisotopic (exact) mass is 267 g/mol. The lowest BCUT2D eigenvalue weighted by molar-refractivity contribution is 0.275. The molecule has 0 aromatic carbocycles. The van der Waals surface area contributed by atoms with Crippen LogP contribution in [-0.4, -0.2) is 19.9 Å². The van der Waals surface area contributed by atoms with Crippen LogP contribution in [0.3, 0.4) is 0 Å². The van der Waals surface area contributed by atoms with E-state index >= 15 is 0 Å². The van der Waals surface area contributed by atoms with Crippen LogP contribution < -0.4 is 4.74 Å². The molecule has 0 amide bonds. The van der Waals surface area contributed by atoms with Gasteiger partial charge in [0.25, 0.3) is 0 Å². The molecule has 2 aromatic rings. The molecule has 6 heteroatoms. The summed E-state index contributed by atoms with van der Waals surface area (Å²) in [6, 6.07) is 3.56. The molecule has 0 radical (unpaired) electrons. The predicted octanol–water partition coefficient (Wildman–Crippen LogP) is 2.80. The zero-order valence-electron chi connectivity index (χ0n) is 10.2. The fraction of sp³-hybridized carbons (Fsp3) is 0.333. The number of ether oxygens (including phenoxy) is 1. The average Bonchev–Trinajstić information content (AvgIpc) is 2.80. The Bertz CT molecular complexity index is 540. The first kappa shape index (κ1) is 12.9. The normalized spacial score (nSPS) is 10.9. The van der Waals surface area contributed by atoms with Crippen molar-refractivity contribution in [2.45, 2.75) is 26.5 Å². The second kappa shape index (κ2) is 5.37. The van der Waals surface area contributed by atoms with Crippen LogP contribution in [0.15, 0.2) is 24.5 Å². The number of hydrogen-bond donors (Lipinski definition) is 1. The molecule has 18 heavy (non-hydrogen) atoms. The number of halogens is 1. The molecule has 0 saturated heterocycles. The van der Waals surface area contributed by atoms with E-state index in [4.69, 9.17) is 21.4 Å². The number of aliphatic hydroxyl groups excluding tert-OH is 1. The van der Waals surface area contributed by atoms with Crippen molar-refractivity contribution in [2.75, 3.05) is 0 Å². The smallest absolute Gasteiger partial charge is 0.219 e. The van der Waals surface area contributed by atoms with Crippen LogP contribution >= 0.6 is 11.6 Å². The van der Waals surface area contributed by atoms with E-state index < -0.39 is 0 Å². The van der Waals surface area contributed by atoms with Crippen LogP contribution in [0.25, 0.3) is 0 Å². The van der Waals surface area contributed by atoms with Gasteiger partial charge < -0.3 is 9.84 Å². The number of pyridine rings is 1. The molecular formula is C12H14ClN3O2. The molecular weight excluding hydrogens is 254 g/mol. The van der Waals surface area contributed by atoms with Crippen molar-refractivity contribution in [1.82, 2.24) is 14.8 Å². The summed E-state index contributed by atoms with van der Waals surface area (Å²) in [5.74, 6) is 0.981. The van der Waals surface area contributed by atoms with Crippen LogP contribution in [0.5, 0.6) is 11.6 Å². The van der Waals surface area contributed by atoms with Crippen molar-refractivity contribution in [3.05, 3.63) is 35.2 Å². The lowest BCUT2D eigenvalue weighted by Crippen LogP contribution is -1.99. The fourth-order valence-electron chi connectivity index (χ4n) is 1.41. The minimum atomic E-state index is -0.221. The Hall–Kier alpha value is -1.59. The summed E-state index contributed by atoms with van der Waals surface area (Å²) >= 11 is 5.85. The molecule has 0 saturated carbocycles. The molecule has 2 heterocycles. The third kappa shape index (κ3) is 2.80. The van der Waals surface area contributed by atoms with Gasteiger partial charge in [-0.3, -0.25) is 4.68 Å². The summed E-state index contributed by atoms with van der Waals surface area (Å²) in [7, 11) is 0. The second-order valence-corrected chi connectivity index (χ2v) is 4.50. The number of hydrogen-bond acceptors (Lipinski definition) is 4. The third-order valence-corrected chi connectivity index (χ3v) is 2.72. The topological polar surface area (TPSA) is 60.2 Å². The molecule has 0 bridgehead atoms. The Balaban J connectivity index is 2.17. The van der Waals surface area contributed by atoms with E-state index in [1.165, 1.54) is 0 Å². The second-order valence-electron chi connectivity index (χ2n) is 4.09. The van der Waals surface area contributed by atoms with E-state index in [0.29, 0.717) is 22.3 Å². The van der Waals surface area contributed by atoms with Gasteiger partial charge in [0.1, 0.15) is 0 Å². The van der Waals surface area contributed by atoms with E-state index in [1.807, 2.05) is 13.8 Å². The van der Waals surface area contributed by atoms with Crippen molar-refractivity contribution < 1.29 is 9.84 Å². The van der Waals surface area contributed by atoms with Gasteiger partial charge in [-0.25, -0.2) is 4.98 Å². The minimum Gasteiger partial charge on any atom is -0.436 e. The highest BCUT2D eigenvalue weighted by atomic mass is 35.5. The van der Waals surface area contributed by atoms with Crippen LogP contribution in [0.1, 0.15) is 25.6 Å². The summed E-state index contributed by atoms with van der Waals surface area (Å²) in [5, 5.41) is 13.6. The Morgan fingerprint density at radius 2 is 2.22 bits per heavy atom. The van der Waals surface area contributed by atoms with Gasteiger partial charge in [0, 0.05) is 12.1 Å². The Labute approximate surface area is 110 Å². The molecule has 2 aromatic heterocycles. The first-order chi connectivity index (χ1) is 8.60. The Morgan fingerprint density at radius 1 is 1.44 bits per heavy atom. The van der Waals surface area contributed by atoms with Crippen LogP contribution in [0.2, 0.25) is 5.02 Å². The summed E-state index contributed by atoms with van der Waals surface area (Å²) in [6.45, 7) is 3.84. The van der Waals surface area contributed by atoms with Gasteiger partial charge in [-0.15, -0.1) is 0 Å². The first-order valence-corrected chi connectivity index (χ1v) is 5.96. The van der Waals surface area contributed by atoms with E-state index in [2.05, 4.69) is 10.1 Å². The lowest BCUT2D eigenvalue weighted by atomic mass is 10.3. The fourth-order valence-corrected chi connectivity index (χ4v) is 1.57. The quantitative estimate of drug-likeness (QED) is 0.925. The molecule has 0 unspecified atom stereocenters. The summed E-state index contributed by atoms with van der Waals surface area (Å²) < 4.78 is 7.33. The van der Waals surface area contributed by atoms with Gasteiger partial charge in [0.15, 0.2) is 5.75 Å². The SMILES string of the molecule is CC(C)n1cc(Oc2ccc(Cl)c(CO)n2)cn1. The predicted molar refractivity (Wildman–Crippen MR) is 67.9 cm³/mol. The molecule has 0 fully saturated rings. The van der Waals surface area contributed by atoms with Gasteiger partial charge in [0.2, 0.25) is 5.88 Å². The lowest BCUT2D eigenvalue weighted by Gasteiger charge is -2.05. The van der Waals surface area contributed by atoms with Gasteiger partial charge in [0.05, 0.1) is 29.7 Å². The van der Waals surface area contributed by atoms with Gasteiger partial charge in [-0.2, -0.15) is 5.10 Å². The van der Waals surface area contributed by atoms with Crippen LogP contribution in [-0.2, 0) is 6.61 Å². The Morgan fingerprint density at radius 3 is 2.83 bits per heavy atom. The van der Waals surface area contributed by atoms with Crippen molar-refractivity contribution in [3.63, 3.8) is 0 Å². The highest BCUT2D eigenvalue weighted by Gasteiger charge is 2.07. The van der Waals surface area contributed by atoms with Crippen molar-refractivity contribution in [1.29, 1.82) is 0 Å². The standard InChI is InChI=1S/C12H14ClN3O2/c1-8(2)16-6-9(5-14-16)18-12-4-3-10(13)11(7-17)15-12/h3-6,8,17H,7H2,1-2H3. The number of aliphatic hydroxyl groups is 1. The van der Waals surface area contributed by atoms with Crippen LogP contribution in [0, 0.1) is 0 Å². The van der Waals surface area contributed by atoms with Crippen molar-refractivity contribution >= 4 is 11.6 Å². The van der Waals surface area contributed by atoms with E-state index in [0.717, 1.165) is 0 Å². The zero-order valence-corrected chi connectivity index (χ0v) is 10.9. The molecule has 0 spiro atoms. The van der Waals surface area contributed by atoms with Gasteiger partial charge in [-0.1, -0.05) is 11.6 Å². The maximum absolute atomic E-state index is 9.07. The molecule has 0 aliphatic heterocycles. The Kier molecular flexibility index (Phi) is 3.84. The minimum absolute atomic E-state index is 0.221. The molecule has 0 aliphatic carbocycles. The maximum Gasteiger partial charge on any atom is 0.219 e. The number of aromatic nitrogens is 3. The van der Waals surface area contributed by atoms with E-state index in [-0.39, 0.29) is 12.6 Å². The average molecular weight is 268 g/mol. The highest BCUT2D eigenvalue weighted by Crippen LogP contribution is 2.23. The highest BCUT2D eigenvalue weighted by molar-refractivity contribution is 6.31. The largest absolute Gasteiger partial charge is 0.436 e. The number of nitrogens with zero attached hydrogens (tertiary/aromatic N) is 3. The van der Waals surface area contributed by atoms with E-state index in [9.17, 15) is 0 Å². The van der Waals surface area contributed by atoms with Gasteiger partial charge in [-0.05, 0) is 19.9 Å². The molecule has 96 valence electrons. The first-order valence-electron chi connectivity index (χ1n) is 5.58. The maximum atomic E-state index is 9.07. The molecule has 5 nitrogen and oxygen atoms in total.